The van der Waals surface area contributed by atoms with Gasteiger partial charge in [-0.15, -0.1) is 0 Å². The van der Waals surface area contributed by atoms with E-state index in [2.05, 4.69) is 54.7 Å². The van der Waals surface area contributed by atoms with Crippen molar-refractivity contribution in [1.29, 1.82) is 0 Å². The SMILES string of the molecule is CCC1(CO)CCCN(Cc2cc(CN3CCN(C)CC3)c(C)cc2C)C1. The summed E-state index contributed by atoms with van der Waals surface area (Å²) in [5.74, 6) is 0. The van der Waals surface area contributed by atoms with Gasteiger partial charge in [0, 0.05) is 57.8 Å². The van der Waals surface area contributed by atoms with E-state index in [9.17, 15) is 5.11 Å². The first kappa shape index (κ1) is 20.8. The molecule has 2 aliphatic rings. The Bertz CT molecular complexity index is 618. The summed E-state index contributed by atoms with van der Waals surface area (Å²) in [6.07, 6.45) is 3.44. The topological polar surface area (TPSA) is 30.0 Å². The van der Waals surface area contributed by atoms with Gasteiger partial charge in [0.05, 0.1) is 0 Å². The van der Waals surface area contributed by atoms with Gasteiger partial charge < -0.3 is 10.0 Å². The van der Waals surface area contributed by atoms with Crippen molar-refractivity contribution >= 4 is 0 Å². The van der Waals surface area contributed by atoms with Crippen molar-refractivity contribution in [3.63, 3.8) is 0 Å². The maximum atomic E-state index is 9.93. The largest absolute Gasteiger partial charge is 0.396 e. The minimum atomic E-state index is 0.111. The van der Waals surface area contributed by atoms with Crippen LogP contribution in [0.25, 0.3) is 0 Å². The zero-order valence-electron chi connectivity index (χ0n) is 17.9. The van der Waals surface area contributed by atoms with E-state index in [1.807, 2.05) is 0 Å². The van der Waals surface area contributed by atoms with Gasteiger partial charge in [-0.25, -0.2) is 0 Å². The number of nitrogens with zero attached hydrogens (tertiary/aromatic N) is 3. The van der Waals surface area contributed by atoms with Crippen LogP contribution in [0.3, 0.4) is 0 Å². The van der Waals surface area contributed by atoms with Crippen LogP contribution in [-0.2, 0) is 13.1 Å². The fourth-order valence-corrected chi connectivity index (χ4v) is 4.75. The zero-order chi connectivity index (χ0) is 19.4. The fourth-order valence-electron chi connectivity index (χ4n) is 4.75. The van der Waals surface area contributed by atoms with Gasteiger partial charge >= 0.3 is 0 Å². The Morgan fingerprint density at radius 3 is 2.15 bits per heavy atom. The minimum absolute atomic E-state index is 0.111. The van der Waals surface area contributed by atoms with E-state index in [0.717, 1.165) is 39.0 Å². The van der Waals surface area contributed by atoms with Gasteiger partial charge in [-0.1, -0.05) is 19.1 Å². The van der Waals surface area contributed by atoms with Crippen LogP contribution < -0.4 is 0 Å². The number of hydrogen-bond donors (Lipinski definition) is 1. The molecule has 0 amide bonds. The average molecular weight is 374 g/mol. The van der Waals surface area contributed by atoms with E-state index in [1.165, 1.54) is 54.9 Å². The van der Waals surface area contributed by atoms with Gasteiger partial charge in [0.25, 0.3) is 0 Å². The first-order valence-corrected chi connectivity index (χ1v) is 10.8. The monoisotopic (exact) mass is 373 g/mol. The van der Waals surface area contributed by atoms with Crippen molar-refractivity contribution in [3.05, 3.63) is 34.4 Å². The second-order valence-electron chi connectivity index (χ2n) is 9.11. The van der Waals surface area contributed by atoms with Crippen LogP contribution in [0.2, 0.25) is 0 Å². The van der Waals surface area contributed by atoms with Crippen molar-refractivity contribution in [2.75, 3.05) is 52.9 Å². The molecule has 27 heavy (non-hydrogen) atoms. The standard InChI is InChI=1S/C23H39N3O/c1-5-23(18-27)7-6-8-26(17-23)16-22-14-21(19(2)13-20(22)3)15-25-11-9-24(4)10-12-25/h13-14,27H,5-12,15-18H2,1-4H3. The van der Waals surface area contributed by atoms with E-state index < -0.39 is 0 Å². The predicted molar refractivity (Wildman–Crippen MR) is 113 cm³/mol. The number of hydrogen-bond acceptors (Lipinski definition) is 4. The fraction of sp³-hybridized carbons (Fsp3) is 0.739. The molecular weight excluding hydrogens is 334 g/mol. The molecule has 1 aromatic carbocycles. The summed E-state index contributed by atoms with van der Waals surface area (Å²) >= 11 is 0. The molecule has 0 spiro atoms. The first-order valence-electron chi connectivity index (χ1n) is 10.8. The third-order valence-electron chi connectivity index (χ3n) is 7.00. The summed E-state index contributed by atoms with van der Waals surface area (Å²) in [5.41, 5.74) is 5.90. The Balaban J connectivity index is 1.70. The summed E-state index contributed by atoms with van der Waals surface area (Å²) in [4.78, 5) is 7.58. The number of benzene rings is 1. The maximum absolute atomic E-state index is 9.93. The quantitative estimate of drug-likeness (QED) is 0.830. The molecule has 0 aliphatic carbocycles. The number of aliphatic hydroxyl groups excluding tert-OH is 1. The molecule has 2 saturated heterocycles. The number of likely N-dealkylation sites (N-methyl/N-ethyl adjacent to an activating group) is 1. The summed E-state index contributed by atoms with van der Waals surface area (Å²) in [6, 6.07) is 4.84. The third kappa shape index (κ3) is 5.11. The lowest BCUT2D eigenvalue weighted by Gasteiger charge is -2.41. The summed E-state index contributed by atoms with van der Waals surface area (Å²) in [6.45, 7) is 16.0. The Kier molecular flexibility index (Phi) is 6.96. The predicted octanol–water partition coefficient (Wildman–Crippen LogP) is 3.04. The lowest BCUT2D eigenvalue weighted by atomic mass is 9.78. The van der Waals surface area contributed by atoms with Crippen molar-refractivity contribution in [3.8, 4) is 0 Å². The number of aliphatic hydroxyl groups is 1. The van der Waals surface area contributed by atoms with Crippen LogP contribution >= 0.6 is 0 Å². The second kappa shape index (κ2) is 9.04. The van der Waals surface area contributed by atoms with Crippen LogP contribution in [0.1, 0.15) is 48.4 Å². The third-order valence-corrected chi connectivity index (χ3v) is 7.00. The van der Waals surface area contributed by atoms with Crippen LogP contribution in [0.15, 0.2) is 12.1 Å². The van der Waals surface area contributed by atoms with Crippen LogP contribution in [0.4, 0.5) is 0 Å². The molecule has 152 valence electrons. The molecule has 1 N–H and O–H groups in total. The number of aryl methyl sites for hydroxylation is 2. The molecule has 0 aromatic heterocycles. The van der Waals surface area contributed by atoms with E-state index >= 15 is 0 Å². The lowest BCUT2D eigenvalue weighted by molar-refractivity contribution is 0.0257. The Morgan fingerprint density at radius 1 is 0.926 bits per heavy atom. The van der Waals surface area contributed by atoms with Crippen LogP contribution in [0.5, 0.6) is 0 Å². The van der Waals surface area contributed by atoms with E-state index in [1.54, 1.807) is 0 Å². The van der Waals surface area contributed by atoms with Gasteiger partial charge in [-0.3, -0.25) is 9.80 Å². The highest BCUT2D eigenvalue weighted by Gasteiger charge is 2.33. The molecule has 4 heteroatoms. The Labute approximate surface area is 166 Å². The van der Waals surface area contributed by atoms with Crippen LogP contribution in [0, 0.1) is 19.3 Å². The number of likely N-dealkylation sites (tertiary alicyclic amines) is 1. The average Bonchev–Trinajstić information content (AvgIpc) is 2.67. The molecule has 3 rings (SSSR count). The highest BCUT2D eigenvalue weighted by molar-refractivity contribution is 5.37. The van der Waals surface area contributed by atoms with Gasteiger partial charge in [-0.2, -0.15) is 0 Å². The number of rotatable bonds is 6. The van der Waals surface area contributed by atoms with E-state index in [0.29, 0.717) is 6.61 Å². The molecule has 0 saturated carbocycles. The van der Waals surface area contributed by atoms with Crippen molar-refractivity contribution in [2.24, 2.45) is 5.41 Å². The normalized spacial score (nSPS) is 25.8. The molecular formula is C23H39N3O. The molecule has 1 aromatic rings. The highest BCUT2D eigenvalue weighted by Crippen LogP contribution is 2.33. The molecule has 0 radical (unpaired) electrons. The van der Waals surface area contributed by atoms with E-state index in [-0.39, 0.29) is 5.41 Å². The van der Waals surface area contributed by atoms with Crippen LogP contribution in [-0.4, -0.2) is 72.7 Å². The molecule has 2 fully saturated rings. The zero-order valence-corrected chi connectivity index (χ0v) is 17.9. The molecule has 2 aliphatic heterocycles. The molecule has 4 nitrogen and oxygen atoms in total. The second-order valence-corrected chi connectivity index (χ2v) is 9.11. The lowest BCUT2D eigenvalue weighted by Crippen LogP contribution is -2.44. The van der Waals surface area contributed by atoms with Gasteiger partial charge in [0.2, 0.25) is 0 Å². The molecule has 2 heterocycles. The Morgan fingerprint density at radius 2 is 1.56 bits per heavy atom. The number of piperazine rings is 1. The molecule has 0 bridgehead atoms. The minimum Gasteiger partial charge on any atom is -0.396 e. The smallest absolute Gasteiger partial charge is 0.0499 e. The summed E-state index contributed by atoms with van der Waals surface area (Å²) in [5, 5.41) is 9.93. The van der Waals surface area contributed by atoms with Gasteiger partial charge in [0.15, 0.2) is 0 Å². The highest BCUT2D eigenvalue weighted by atomic mass is 16.3. The van der Waals surface area contributed by atoms with Crippen molar-refractivity contribution in [1.82, 2.24) is 14.7 Å². The molecule has 1 atom stereocenters. The van der Waals surface area contributed by atoms with Crippen molar-refractivity contribution in [2.45, 2.75) is 53.1 Å². The summed E-state index contributed by atoms with van der Waals surface area (Å²) < 4.78 is 0. The first-order chi connectivity index (χ1) is 12.9. The summed E-state index contributed by atoms with van der Waals surface area (Å²) in [7, 11) is 2.22. The van der Waals surface area contributed by atoms with Crippen molar-refractivity contribution < 1.29 is 5.11 Å². The molecule has 1 unspecified atom stereocenters. The Hall–Kier alpha value is -0.940. The number of piperidine rings is 1. The van der Waals surface area contributed by atoms with Gasteiger partial charge in [0.1, 0.15) is 0 Å². The van der Waals surface area contributed by atoms with Gasteiger partial charge in [-0.05, 0) is 69.0 Å². The maximum Gasteiger partial charge on any atom is 0.0499 e. The van der Waals surface area contributed by atoms with E-state index in [4.69, 9.17) is 0 Å².